The van der Waals surface area contributed by atoms with Gasteiger partial charge in [0.1, 0.15) is 11.9 Å². The van der Waals surface area contributed by atoms with E-state index in [1.165, 1.54) is 0 Å². The van der Waals surface area contributed by atoms with Crippen LogP contribution in [0.15, 0.2) is 24.3 Å². The van der Waals surface area contributed by atoms with Gasteiger partial charge in [-0.25, -0.2) is 0 Å². The van der Waals surface area contributed by atoms with Crippen LogP contribution in [0.25, 0.3) is 0 Å². The Hall–Kier alpha value is -2.08. The van der Waals surface area contributed by atoms with E-state index in [0.29, 0.717) is 17.7 Å². The van der Waals surface area contributed by atoms with Gasteiger partial charge in [-0.2, -0.15) is 0 Å². The average Bonchev–Trinajstić information content (AvgIpc) is 3.12. The van der Waals surface area contributed by atoms with E-state index in [1.807, 2.05) is 6.92 Å². The average molecular weight is 363 g/mol. The molecule has 0 radical (unpaired) electrons. The lowest BCUT2D eigenvalue weighted by atomic mass is 9.88. The number of aliphatic carboxylic acids is 1. The van der Waals surface area contributed by atoms with E-state index in [1.54, 1.807) is 38.3 Å². The zero-order valence-corrected chi connectivity index (χ0v) is 15.8. The molecule has 0 saturated heterocycles. The first-order valence-electron chi connectivity index (χ1n) is 9.21. The van der Waals surface area contributed by atoms with Crippen LogP contribution in [-0.4, -0.2) is 36.3 Å². The van der Waals surface area contributed by atoms with Gasteiger partial charge in [0.25, 0.3) is 0 Å². The smallest absolute Gasteiger partial charge is 0.306 e. The van der Waals surface area contributed by atoms with Gasteiger partial charge >= 0.3 is 5.97 Å². The third-order valence-corrected chi connectivity index (χ3v) is 4.93. The molecule has 2 unspecified atom stereocenters. The van der Waals surface area contributed by atoms with Crippen LogP contribution < -0.4 is 10.1 Å². The van der Waals surface area contributed by atoms with Crippen LogP contribution in [-0.2, 0) is 19.9 Å². The second kappa shape index (κ2) is 9.03. The number of hydrogen-bond acceptors (Lipinski definition) is 4. The van der Waals surface area contributed by atoms with Crippen LogP contribution in [0, 0.1) is 0 Å². The highest BCUT2D eigenvalue weighted by Crippen LogP contribution is 2.29. The summed E-state index contributed by atoms with van der Waals surface area (Å²) >= 11 is 0. The van der Waals surface area contributed by atoms with Gasteiger partial charge in [0.15, 0.2) is 0 Å². The Morgan fingerprint density at radius 3 is 2.62 bits per heavy atom. The van der Waals surface area contributed by atoms with E-state index in [0.717, 1.165) is 25.7 Å². The van der Waals surface area contributed by atoms with Crippen LogP contribution in [0.5, 0.6) is 5.75 Å². The summed E-state index contributed by atoms with van der Waals surface area (Å²) in [5.74, 6) is -0.644. The lowest BCUT2D eigenvalue weighted by Gasteiger charge is -2.32. The van der Waals surface area contributed by atoms with Crippen molar-refractivity contribution in [3.05, 3.63) is 29.8 Å². The van der Waals surface area contributed by atoms with E-state index < -0.39 is 17.6 Å². The zero-order valence-electron chi connectivity index (χ0n) is 15.8. The molecule has 26 heavy (non-hydrogen) atoms. The Kier molecular flexibility index (Phi) is 7.03. The topological polar surface area (TPSA) is 84.9 Å². The van der Waals surface area contributed by atoms with Gasteiger partial charge in [0.05, 0.1) is 25.2 Å². The molecule has 0 bridgehead atoms. The molecule has 1 amide bonds. The quantitative estimate of drug-likeness (QED) is 0.703. The Morgan fingerprint density at radius 1 is 1.35 bits per heavy atom. The number of carboxylic acid groups (broad SMARTS) is 1. The molecule has 144 valence electrons. The second-order valence-electron chi connectivity index (χ2n) is 7.06. The molecule has 0 aromatic heterocycles. The fourth-order valence-electron chi connectivity index (χ4n) is 3.44. The number of amides is 1. The van der Waals surface area contributed by atoms with Gasteiger partial charge in [-0.15, -0.1) is 0 Å². The summed E-state index contributed by atoms with van der Waals surface area (Å²) in [6.07, 6.45) is 4.07. The van der Waals surface area contributed by atoms with Crippen molar-refractivity contribution in [1.29, 1.82) is 0 Å². The van der Waals surface area contributed by atoms with Crippen molar-refractivity contribution in [2.75, 3.05) is 7.11 Å². The molecular weight excluding hydrogens is 334 g/mol. The van der Waals surface area contributed by atoms with Gasteiger partial charge in [-0.1, -0.05) is 31.9 Å². The van der Waals surface area contributed by atoms with Gasteiger partial charge in [0.2, 0.25) is 5.91 Å². The summed E-state index contributed by atoms with van der Waals surface area (Å²) in [6.45, 7) is 3.62. The molecule has 1 aromatic carbocycles. The molecule has 0 aliphatic heterocycles. The third-order valence-electron chi connectivity index (χ3n) is 4.93. The minimum absolute atomic E-state index is 0.119. The third kappa shape index (κ3) is 5.21. The molecule has 2 rings (SSSR count). The highest BCUT2D eigenvalue weighted by Gasteiger charge is 2.35. The van der Waals surface area contributed by atoms with Gasteiger partial charge in [-0.3, -0.25) is 9.59 Å². The first-order valence-corrected chi connectivity index (χ1v) is 9.21. The number of methoxy groups -OCH3 is 1. The molecule has 0 spiro atoms. The number of benzene rings is 1. The molecule has 1 aromatic rings. The molecule has 1 saturated carbocycles. The number of rotatable bonds is 9. The fourth-order valence-corrected chi connectivity index (χ4v) is 3.44. The molecular formula is C20H29NO5. The van der Waals surface area contributed by atoms with Crippen molar-refractivity contribution >= 4 is 11.9 Å². The Labute approximate surface area is 154 Å². The number of hydrogen-bond donors (Lipinski definition) is 2. The predicted octanol–water partition coefficient (Wildman–Crippen LogP) is 3.24. The molecule has 1 fully saturated rings. The lowest BCUT2D eigenvalue weighted by molar-refractivity contribution is -0.142. The first kappa shape index (κ1) is 20.2. The van der Waals surface area contributed by atoms with Crippen molar-refractivity contribution in [2.24, 2.45) is 0 Å². The standard InChI is InChI=1S/C20H29NO5/c1-4-17(26-15-9-5-6-10-15)19(24)21-20(2,13-18(22)23)14-8-7-11-16(12-14)25-3/h7-8,11-12,15,17H,4-6,9-10,13H2,1-3H3,(H,21,24)(H,22,23). The summed E-state index contributed by atoms with van der Waals surface area (Å²) in [4.78, 5) is 24.3. The van der Waals surface area contributed by atoms with Gasteiger partial charge in [0, 0.05) is 0 Å². The zero-order chi connectivity index (χ0) is 19.2. The summed E-state index contributed by atoms with van der Waals surface area (Å²) < 4.78 is 11.2. The fraction of sp³-hybridized carbons (Fsp3) is 0.600. The van der Waals surface area contributed by atoms with E-state index in [9.17, 15) is 14.7 Å². The van der Waals surface area contributed by atoms with Crippen molar-refractivity contribution in [3.8, 4) is 5.75 Å². The van der Waals surface area contributed by atoms with Crippen molar-refractivity contribution in [1.82, 2.24) is 5.32 Å². The van der Waals surface area contributed by atoms with E-state index in [2.05, 4.69) is 5.32 Å². The van der Waals surface area contributed by atoms with E-state index in [4.69, 9.17) is 9.47 Å². The van der Waals surface area contributed by atoms with Crippen LogP contribution >= 0.6 is 0 Å². The molecule has 6 nitrogen and oxygen atoms in total. The monoisotopic (exact) mass is 363 g/mol. The maximum atomic E-state index is 12.8. The van der Waals surface area contributed by atoms with Crippen LogP contribution in [0.1, 0.15) is 57.9 Å². The maximum Gasteiger partial charge on any atom is 0.306 e. The minimum Gasteiger partial charge on any atom is -0.497 e. The highest BCUT2D eigenvalue weighted by molar-refractivity contribution is 5.82. The normalized spacial score (nSPS) is 18.1. The Morgan fingerprint density at radius 2 is 2.04 bits per heavy atom. The molecule has 0 heterocycles. The predicted molar refractivity (Wildman–Crippen MR) is 98.2 cm³/mol. The van der Waals surface area contributed by atoms with E-state index in [-0.39, 0.29) is 18.4 Å². The van der Waals surface area contributed by atoms with Crippen LogP contribution in [0.2, 0.25) is 0 Å². The number of nitrogens with one attached hydrogen (secondary N) is 1. The van der Waals surface area contributed by atoms with Gasteiger partial charge < -0.3 is 19.9 Å². The van der Waals surface area contributed by atoms with Crippen LogP contribution in [0.4, 0.5) is 0 Å². The van der Waals surface area contributed by atoms with E-state index >= 15 is 0 Å². The summed E-state index contributed by atoms with van der Waals surface area (Å²) in [7, 11) is 1.55. The maximum absolute atomic E-state index is 12.8. The van der Waals surface area contributed by atoms with Crippen molar-refractivity contribution < 1.29 is 24.2 Å². The largest absolute Gasteiger partial charge is 0.497 e. The Bertz CT molecular complexity index is 626. The number of carbonyl (C=O) groups is 2. The second-order valence-corrected chi connectivity index (χ2v) is 7.06. The number of ether oxygens (including phenoxy) is 2. The van der Waals surface area contributed by atoms with Gasteiger partial charge in [-0.05, 0) is 43.9 Å². The summed E-state index contributed by atoms with van der Waals surface area (Å²) in [5.41, 5.74) is -0.368. The minimum atomic E-state index is -1.05. The Balaban J connectivity index is 2.19. The molecule has 6 heteroatoms. The highest BCUT2D eigenvalue weighted by atomic mass is 16.5. The van der Waals surface area contributed by atoms with Crippen molar-refractivity contribution in [3.63, 3.8) is 0 Å². The number of carbonyl (C=O) groups excluding carboxylic acids is 1. The molecule has 2 N–H and O–H groups in total. The summed E-state index contributed by atoms with van der Waals surface area (Å²) in [6, 6.07) is 7.11. The van der Waals surface area contributed by atoms with Crippen molar-refractivity contribution in [2.45, 2.75) is 70.1 Å². The molecule has 1 aliphatic carbocycles. The SMILES string of the molecule is CCC(OC1CCCC1)C(=O)NC(C)(CC(=O)O)c1cccc(OC)c1. The molecule has 1 aliphatic rings. The number of carboxylic acids is 1. The summed E-state index contributed by atoms with van der Waals surface area (Å²) in [5, 5.41) is 12.3. The first-order chi connectivity index (χ1) is 12.4. The lowest BCUT2D eigenvalue weighted by Crippen LogP contribution is -2.50. The molecule has 2 atom stereocenters. The van der Waals surface area contributed by atoms with Crippen LogP contribution in [0.3, 0.4) is 0 Å².